The lowest BCUT2D eigenvalue weighted by molar-refractivity contribution is -0.122. The molecule has 2 heterocycles. The second-order valence-electron chi connectivity index (χ2n) is 4.86. The third-order valence-electron chi connectivity index (χ3n) is 3.24. The molecule has 1 N–H and O–H groups in total. The van der Waals surface area contributed by atoms with Gasteiger partial charge in [0.1, 0.15) is 17.1 Å². The highest BCUT2D eigenvalue weighted by molar-refractivity contribution is 7.80. The van der Waals surface area contributed by atoms with Crippen molar-refractivity contribution in [3.05, 3.63) is 58.5 Å². The van der Waals surface area contributed by atoms with Crippen LogP contribution in [-0.4, -0.2) is 16.9 Å². The number of furan rings is 1. The quantitative estimate of drug-likeness (QED) is 0.515. The predicted molar refractivity (Wildman–Crippen MR) is 91.1 cm³/mol. The summed E-state index contributed by atoms with van der Waals surface area (Å²) in [5.41, 5.74) is 0.332. The lowest BCUT2D eigenvalue weighted by Gasteiger charge is -2.29. The number of carbonyl (C=O) groups is 2. The van der Waals surface area contributed by atoms with Crippen LogP contribution in [0, 0.1) is 6.92 Å². The number of rotatable bonds is 2. The Labute approximate surface area is 142 Å². The summed E-state index contributed by atoms with van der Waals surface area (Å²) in [6, 6.07) is 10.2. The number of aryl methyl sites for hydroxylation is 1. The van der Waals surface area contributed by atoms with Gasteiger partial charge in [0, 0.05) is 0 Å². The minimum Gasteiger partial charge on any atom is -0.462 e. The van der Waals surface area contributed by atoms with Gasteiger partial charge >= 0.3 is 0 Å². The number of carbonyl (C=O) groups excluding carboxylic acids is 2. The number of anilines is 1. The van der Waals surface area contributed by atoms with Crippen LogP contribution < -0.4 is 10.2 Å². The first-order chi connectivity index (χ1) is 11.0. The van der Waals surface area contributed by atoms with Crippen LogP contribution in [0.25, 0.3) is 6.08 Å². The maximum atomic E-state index is 12.7. The minimum atomic E-state index is -0.572. The van der Waals surface area contributed by atoms with E-state index in [4.69, 9.17) is 28.2 Å². The maximum absolute atomic E-state index is 12.7. The summed E-state index contributed by atoms with van der Waals surface area (Å²) in [7, 11) is 0. The molecule has 3 rings (SSSR count). The van der Waals surface area contributed by atoms with Gasteiger partial charge in [0.2, 0.25) is 0 Å². The van der Waals surface area contributed by atoms with Gasteiger partial charge in [0.05, 0.1) is 10.7 Å². The van der Waals surface area contributed by atoms with Crippen molar-refractivity contribution in [3.8, 4) is 0 Å². The number of thiocarbonyl (C=S) groups is 1. The molecule has 23 heavy (non-hydrogen) atoms. The van der Waals surface area contributed by atoms with E-state index in [-0.39, 0.29) is 10.7 Å². The lowest BCUT2D eigenvalue weighted by atomic mass is 10.1. The first kappa shape index (κ1) is 15.5. The summed E-state index contributed by atoms with van der Waals surface area (Å²) in [4.78, 5) is 26.0. The fourth-order valence-electron chi connectivity index (χ4n) is 2.18. The van der Waals surface area contributed by atoms with Crippen molar-refractivity contribution >= 4 is 52.5 Å². The van der Waals surface area contributed by atoms with Crippen molar-refractivity contribution in [1.82, 2.24) is 5.32 Å². The first-order valence-corrected chi connectivity index (χ1v) is 7.48. The third-order valence-corrected chi connectivity index (χ3v) is 3.85. The summed E-state index contributed by atoms with van der Waals surface area (Å²) >= 11 is 11.2. The molecule has 1 fully saturated rings. The Kier molecular flexibility index (Phi) is 4.02. The van der Waals surface area contributed by atoms with Crippen molar-refractivity contribution in [1.29, 1.82) is 0 Å². The zero-order valence-corrected chi connectivity index (χ0v) is 13.6. The van der Waals surface area contributed by atoms with Crippen LogP contribution in [0.15, 0.2) is 46.4 Å². The molecule has 0 spiro atoms. The Hall–Kier alpha value is -2.44. The van der Waals surface area contributed by atoms with Gasteiger partial charge in [-0.1, -0.05) is 23.7 Å². The number of hydrogen-bond acceptors (Lipinski definition) is 4. The molecule has 2 aromatic rings. The molecule has 1 aromatic heterocycles. The molecule has 1 aliphatic heterocycles. The fraction of sp³-hybridized carbons (Fsp3) is 0.0625. The average molecular weight is 347 g/mol. The van der Waals surface area contributed by atoms with E-state index in [1.165, 1.54) is 11.0 Å². The zero-order valence-electron chi connectivity index (χ0n) is 12.0. The zero-order chi connectivity index (χ0) is 16.6. The van der Waals surface area contributed by atoms with Crippen LogP contribution in [0.4, 0.5) is 5.69 Å². The number of hydrogen-bond donors (Lipinski definition) is 1. The van der Waals surface area contributed by atoms with Crippen molar-refractivity contribution in [2.75, 3.05) is 4.90 Å². The molecule has 2 amide bonds. The molecule has 1 aliphatic rings. The van der Waals surface area contributed by atoms with E-state index >= 15 is 0 Å². The number of para-hydroxylation sites is 1. The number of halogens is 1. The largest absolute Gasteiger partial charge is 0.462 e. The van der Waals surface area contributed by atoms with Gasteiger partial charge in [-0.15, -0.1) is 0 Å². The van der Waals surface area contributed by atoms with Gasteiger partial charge in [-0.05, 0) is 49.5 Å². The van der Waals surface area contributed by atoms with E-state index in [9.17, 15) is 9.59 Å². The van der Waals surface area contributed by atoms with E-state index in [0.29, 0.717) is 22.2 Å². The van der Waals surface area contributed by atoms with Gasteiger partial charge in [-0.2, -0.15) is 0 Å². The monoisotopic (exact) mass is 346 g/mol. The second kappa shape index (κ2) is 5.98. The van der Waals surface area contributed by atoms with Gasteiger partial charge in [0.25, 0.3) is 11.8 Å². The highest BCUT2D eigenvalue weighted by Gasteiger charge is 2.35. The van der Waals surface area contributed by atoms with Crippen LogP contribution in [0.3, 0.4) is 0 Å². The molecule has 116 valence electrons. The van der Waals surface area contributed by atoms with Crippen LogP contribution in [0.2, 0.25) is 5.02 Å². The molecule has 0 bridgehead atoms. The van der Waals surface area contributed by atoms with Gasteiger partial charge in [0.15, 0.2) is 5.11 Å². The van der Waals surface area contributed by atoms with Crippen molar-refractivity contribution in [3.63, 3.8) is 0 Å². The molecule has 5 nitrogen and oxygen atoms in total. The van der Waals surface area contributed by atoms with Crippen molar-refractivity contribution in [2.45, 2.75) is 6.92 Å². The second-order valence-corrected chi connectivity index (χ2v) is 5.65. The molecule has 1 saturated heterocycles. The Bertz CT molecular complexity index is 857. The van der Waals surface area contributed by atoms with Gasteiger partial charge in [-0.25, -0.2) is 0 Å². The Morgan fingerprint density at radius 1 is 1.22 bits per heavy atom. The number of nitrogens with one attached hydrogen (secondary N) is 1. The van der Waals surface area contributed by atoms with Crippen LogP contribution >= 0.6 is 23.8 Å². The maximum Gasteiger partial charge on any atom is 0.270 e. The molecule has 0 aliphatic carbocycles. The van der Waals surface area contributed by atoms with E-state index in [0.717, 1.165) is 0 Å². The topological polar surface area (TPSA) is 62.6 Å². The van der Waals surface area contributed by atoms with E-state index in [1.807, 2.05) is 0 Å². The molecule has 1 aromatic carbocycles. The fourth-order valence-corrected chi connectivity index (χ4v) is 2.68. The van der Waals surface area contributed by atoms with Crippen LogP contribution in [0.5, 0.6) is 0 Å². The standard InChI is InChI=1S/C16H11ClN2O3S/c1-9-6-7-10(22-9)8-11-14(20)18-16(23)19(15(11)21)13-5-3-2-4-12(13)17/h2-8H,1H3,(H,18,20,23)/b11-8-. The van der Waals surface area contributed by atoms with Crippen molar-refractivity contribution in [2.24, 2.45) is 0 Å². The number of benzene rings is 1. The normalized spacial score (nSPS) is 16.9. The highest BCUT2D eigenvalue weighted by Crippen LogP contribution is 2.28. The lowest BCUT2D eigenvalue weighted by Crippen LogP contribution is -2.54. The molecular weight excluding hydrogens is 336 g/mol. The molecule has 0 atom stereocenters. The van der Waals surface area contributed by atoms with Gasteiger partial charge < -0.3 is 4.42 Å². The summed E-state index contributed by atoms with van der Waals surface area (Å²) in [5.74, 6) is -0.0369. The Morgan fingerprint density at radius 3 is 2.61 bits per heavy atom. The van der Waals surface area contributed by atoms with Crippen LogP contribution in [0.1, 0.15) is 11.5 Å². The number of amides is 2. The van der Waals surface area contributed by atoms with E-state index in [1.54, 1.807) is 43.3 Å². The summed E-state index contributed by atoms with van der Waals surface area (Å²) in [6.07, 6.45) is 1.39. The van der Waals surface area contributed by atoms with Gasteiger partial charge in [-0.3, -0.25) is 19.8 Å². The SMILES string of the molecule is Cc1ccc(/C=C2/C(=O)NC(=S)N(c3ccccc3Cl)C2=O)o1. The summed E-state index contributed by atoms with van der Waals surface area (Å²) in [5, 5.41) is 2.83. The summed E-state index contributed by atoms with van der Waals surface area (Å²) in [6.45, 7) is 1.77. The molecular formula is C16H11ClN2O3S. The Balaban J connectivity index is 2.04. The smallest absolute Gasteiger partial charge is 0.270 e. The minimum absolute atomic E-state index is 0.0131. The highest BCUT2D eigenvalue weighted by atomic mass is 35.5. The van der Waals surface area contributed by atoms with Crippen LogP contribution in [-0.2, 0) is 9.59 Å². The molecule has 0 saturated carbocycles. The van der Waals surface area contributed by atoms with E-state index in [2.05, 4.69) is 5.32 Å². The summed E-state index contributed by atoms with van der Waals surface area (Å²) < 4.78 is 5.39. The van der Waals surface area contributed by atoms with Crippen molar-refractivity contribution < 1.29 is 14.0 Å². The molecule has 0 radical (unpaired) electrons. The molecule has 0 unspecified atom stereocenters. The average Bonchev–Trinajstić information content (AvgIpc) is 2.91. The number of nitrogens with zero attached hydrogens (tertiary/aromatic N) is 1. The molecule has 7 heteroatoms. The Morgan fingerprint density at radius 2 is 1.96 bits per heavy atom. The first-order valence-electron chi connectivity index (χ1n) is 6.70. The predicted octanol–water partition coefficient (Wildman–Crippen LogP) is 3.07. The van der Waals surface area contributed by atoms with E-state index < -0.39 is 11.8 Å². The third kappa shape index (κ3) is 2.91.